The Morgan fingerprint density at radius 3 is 2.70 bits per heavy atom. The lowest BCUT2D eigenvalue weighted by molar-refractivity contribution is -0.385. The number of nitrogens with one attached hydrogen (secondary N) is 1. The topological polar surface area (TPSA) is 84.7 Å². The molecule has 0 radical (unpaired) electrons. The maximum Gasteiger partial charge on any atom is 0.410 e. The van der Waals surface area contributed by atoms with E-state index < -0.39 is 10.5 Å². The van der Waals surface area contributed by atoms with E-state index in [1.165, 1.54) is 0 Å². The summed E-state index contributed by atoms with van der Waals surface area (Å²) in [5.74, 6) is 0. The van der Waals surface area contributed by atoms with E-state index in [0.29, 0.717) is 24.1 Å². The van der Waals surface area contributed by atoms with Gasteiger partial charge in [0.1, 0.15) is 5.60 Å². The van der Waals surface area contributed by atoms with Gasteiger partial charge in [0.05, 0.1) is 9.40 Å². The third-order valence-electron chi connectivity index (χ3n) is 3.34. The second-order valence-electron chi connectivity index (χ2n) is 6.51. The number of hydrogen-bond acceptors (Lipinski definition) is 5. The Kier molecular flexibility index (Phi) is 5.26. The van der Waals surface area contributed by atoms with E-state index in [1.807, 2.05) is 26.8 Å². The van der Waals surface area contributed by atoms with Crippen molar-refractivity contribution in [3.05, 3.63) is 38.3 Å². The molecule has 1 aliphatic heterocycles. The molecule has 23 heavy (non-hydrogen) atoms. The molecular formula is C15H20BrN3O4. The molecule has 1 aromatic carbocycles. The Bertz CT molecular complexity index is 609. The van der Waals surface area contributed by atoms with E-state index in [4.69, 9.17) is 4.74 Å². The zero-order chi connectivity index (χ0) is 17.2. The number of benzene rings is 1. The van der Waals surface area contributed by atoms with Crippen LogP contribution in [0.25, 0.3) is 0 Å². The monoisotopic (exact) mass is 385 g/mol. The predicted octanol–water partition coefficient (Wildman–Crippen LogP) is 3.07. The lowest BCUT2D eigenvalue weighted by Crippen LogP contribution is -2.60. The van der Waals surface area contributed by atoms with Crippen LogP contribution in [0.1, 0.15) is 26.3 Å². The zero-order valence-corrected chi connectivity index (χ0v) is 14.9. The van der Waals surface area contributed by atoms with Gasteiger partial charge >= 0.3 is 6.09 Å². The Balaban J connectivity index is 1.80. The molecule has 2 rings (SSSR count). The van der Waals surface area contributed by atoms with Gasteiger partial charge in [0.2, 0.25) is 0 Å². The number of rotatable bonds is 4. The van der Waals surface area contributed by atoms with E-state index in [2.05, 4.69) is 21.2 Å². The Morgan fingerprint density at radius 2 is 2.13 bits per heavy atom. The Hall–Kier alpha value is -1.67. The van der Waals surface area contributed by atoms with Crippen molar-refractivity contribution in [1.29, 1.82) is 0 Å². The summed E-state index contributed by atoms with van der Waals surface area (Å²) in [6, 6.07) is 5.21. The third kappa shape index (κ3) is 4.90. The summed E-state index contributed by atoms with van der Waals surface area (Å²) in [6.07, 6.45) is -0.310. The van der Waals surface area contributed by atoms with Crippen LogP contribution in [0.5, 0.6) is 0 Å². The second kappa shape index (κ2) is 6.84. The van der Waals surface area contributed by atoms with E-state index in [9.17, 15) is 14.9 Å². The molecule has 7 nitrogen and oxygen atoms in total. The quantitative estimate of drug-likeness (QED) is 0.635. The van der Waals surface area contributed by atoms with Gasteiger partial charge in [0.15, 0.2) is 0 Å². The molecule has 1 heterocycles. The van der Waals surface area contributed by atoms with Crippen LogP contribution < -0.4 is 5.32 Å². The van der Waals surface area contributed by atoms with Crippen molar-refractivity contribution in [2.24, 2.45) is 0 Å². The smallest absolute Gasteiger partial charge is 0.410 e. The number of hydrogen-bond donors (Lipinski definition) is 1. The van der Waals surface area contributed by atoms with Gasteiger partial charge in [-0.1, -0.05) is 6.07 Å². The molecule has 1 fully saturated rings. The molecule has 0 atom stereocenters. The highest BCUT2D eigenvalue weighted by atomic mass is 79.9. The van der Waals surface area contributed by atoms with Crippen molar-refractivity contribution in [2.75, 3.05) is 13.1 Å². The molecule has 0 unspecified atom stereocenters. The van der Waals surface area contributed by atoms with Gasteiger partial charge in [-0.05, 0) is 48.3 Å². The third-order valence-corrected chi connectivity index (χ3v) is 4.01. The normalized spacial score (nSPS) is 15.2. The Labute approximate surface area is 143 Å². The van der Waals surface area contributed by atoms with Crippen LogP contribution in [0.3, 0.4) is 0 Å². The van der Waals surface area contributed by atoms with Crippen LogP contribution in [0, 0.1) is 10.1 Å². The van der Waals surface area contributed by atoms with Crippen LogP contribution in [-0.4, -0.2) is 40.6 Å². The molecule has 0 aliphatic carbocycles. The van der Waals surface area contributed by atoms with Gasteiger partial charge in [-0.15, -0.1) is 0 Å². The second-order valence-corrected chi connectivity index (χ2v) is 7.36. The molecule has 1 amide bonds. The molecule has 0 aromatic heterocycles. The maximum absolute atomic E-state index is 11.8. The summed E-state index contributed by atoms with van der Waals surface area (Å²) in [4.78, 5) is 23.9. The van der Waals surface area contributed by atoms with Crippen molar-refractivity contribution in [1.82, 2.24) is 10.2 Å². The van der Waals surface area contributed by atoms with Crippen molar-refractivity contribution in [3.8, 4) is 0 Å². The summed E-state index contributed by atoms with van der Waals surface area (Å²) >= 11 is 3.16. The highest BCUT2D eigenvalue weighted by Crippen LogP contribution is 2.25. The number of likely N-dealkylation sites (tertiary alicyclic amines) is 1. The molecule has 1 N–H and O–H groups in total. The molecule has 0 saturated carbocycles. The predicted molar refractivity (Wildman–Crippen MR) is 89.2 cm³/mol. The molecular weight excluding hydrogens is 366 g/mol. The standard InChI is InChI=1S/C15H20BrN3O4/c1-15(2,3)23-14(20)18-8-11(9-18)17-7-10-4-5-12(16)13(6-10)19(21)22/h4-6,11,17H,7-9H2,1-3H3. The molecule has 1 aromatic rings. The largest absolute Gasteiger partial charge is 0.444 e. The number of nitro groups is 1. The zero-order valence-electron chi connectivity index (χ0n) is 13.3. The molecule has 0 bridgehead atoms. The minimum absolute atomic E-state index is 0.0493. The van der Waals surface area contributed by atoms with Gasteiger partial charge in [-0.3, -0.25) is 10.1 Å². The van der Waals surface area contributed by atoms with Gasteiger partial charge in [0, 0.05) is 31.7 Å². The molecule has 1 saturated heterocycles. The maximum atomic E-state index is 11.8. The highest BCUT2D eigenvalue weighted by molar-refractivity contribution is 9.10. The first kappa shape index (κ1) is 17.7. The van der Waals surface area contributed by atoms with E-state index in [1.54, 1.807) is 17.0 Å². The summed E-state index contributed by atoms with van der Waals surface area (Å²) < 4.78 is 5.75. The van der Waals surface area contributed by atoms with Gasteiger partial charge in [0.25, 0.3) is 5.69 Å². The summed E-state index contributed by atoms with van der Waals surface area (Å²) in [5, 5.41) is 14.2. The van der Waals surface area contributed by atoms with Crippen molar-refractivity contribution in [2.45, 2.75) is 39.0 Å². The van der Waals surface area contributed by atoms with Gasteiger partial charge < -0.3 is 15.0 Å². The van der Waals surface area contributed by atoms with E-state index >= 15 is 0 Å². The molecule has 0 spiro atoms. The molecule has 1 aliphatic rings. The van der Waals surface area contributed by atoms with Crippen LogP contribution in [0.15, 0.2) is 22.7 Å². The lowest BCUT2D eigenvalue weighted by Gasteiger charge is -2.40. The number of nitrogens with zero attached hydrogens (tertiary/aromatic N) is 2. The summed E-state index contributed by atoms with van der Waals surface area (Å²) in [6.45, 7) is 7.17. The van der Waals surface area contributed by atoms with Crippen molar-refractivity contribution < 1.29 is 14.5 Å². The summed E-state index contributed by atoms with van der Waals surface area (Å²) in [5.41, 5.74) is 0.385. The average molecular weight is 386 g/mol. The fourth-order valence-corrected chi connectivity index (χ4v) is 2.54. The molecule has 8 heteroatoms. The Morgan fingerprint density at radius 1 is 1.48 bits per heavy atom. The first-order chi connectivity index (χ1) is 10.7. The summed E-state index contributed by atoms with van der Waals surface area (Å²) in [7, 11) is 0. The fraction of sp³-hybridized carbons (Fsp3) is 0.533. The minimum Gasteiger partial charge on any atom is -0.444 e. The van der Waals surface area contributed by atoms with E-state index in [-0.39, 0.29) is 17.8 Å². The lowest BCUT2D eigenvalue weighted by atomic mass is 10.1. The SMILES string of the molecule is CC(C)(C)OC(=O)N1CC(NCc2ccc(Br)c([N+](=O)[O-])c2)C1. The molecule has 126 valence electrons. The average Bonchev–Trinajstić information content (AvgIpc) is 2.36. The van der Waals surface area contributed by atoms with Crippen molar-refractivity contribution in [3.63, 3.8) is 0 Å². The first-order valence-electron chi connectivity index (χ1n) is 7.30. The number of amides is 1. The van der Waals surface area contributed by atoms with Gasteiger partial charge in [-0.2, -0.15) is 0 Å². The number of carbonyl (C=O) groups is 1. The van der Waals surface area contributed by atoms with Crippen molar-refractivity contribution >= 4 is 27.7 Å². The van der Waals surface area contributed by atoms with Crippen LogP contribution in [0.2, 0.25) is 0 Å². The first-order valence-corrected chi connectivity index (χ1v) is 8.09. The van der Waals surface area contributed by atoms with E-state index in [0.717, 1.165) is 5.56 Å². The van der Waals surface area contributed by atoms with Crippen LogP contribution in [0.4, 0.5) is 10.5 Å². The minimum atomic E-state index is -0.494. The fourth-order valence-electron chi connectivity index (χ4n) is 2.15. The number of carbonyl (C=O) groups excluding carboxylic acids is 1. The van der Waals surface area contributed by atoms with Gasteiger partial charge in [-0.25, -0.2) is 4.79 Å². The highest BCUT2D eigenvalue weighted by Gasteiger charge is 2.33. The number of halogens is 1. The van der Waals surface area contributed by atoms with Crippen LogP contribution in [-0.2, 0) is 11.3 Å². The van der Waals surface area contributed by atoms with Crippen LogP contribution >= 0.6 is 15.9 Å². The number of ether oxygens (including phenoxy) is 1. The number of nitro benzene ring substituents is 1.